The fraction of sp³-hybridized carbons (Fsp3) is 0.727. The lowest BCUT2D eigenvalue weighted by atomic mass is 10.1. The van der Waals surface area contributed by atoms with E-state index in [9.17, 15) is 9.59 Å². The number of aryl methyl sites for hydroxylation is 1. The highest BCUT2D eigenvalue weighted by Gasteiger charge is 2.41. The van der Waals surface area contributed by atoms with Gasteiger partial charge in [0.05, 0.1) is 18.4 Å². The molecular formula is C22H37N6O4P. The molecule has 1 aliphatic rings. The van der Waals surface area contributed by atoms with Gasteiger partial charge >= 0.3 is 5.69 Å². The van der Waals surface area contributed by atoms with Crippen molar-refractivity contribution < 1.29 is 9.26 Å². The number of rotatable bonds is 9. The van der Waals surface area contributed by atoms with E-state index in [0.717, 1.165) is 11.9 Å². The second-order valence-electron chi connectivity index (χ2n) is 9.39. The molecule has 1 N–H and O–H groups in total. The van der Waals surface area contributed by atoms with Crippen LogP contribution in [0.3, 0.4) is 0 Å². The third-order valence-corrected chi connectivity index (χ3v) is 8.18. The van der Waals surface area contributed by atoms with Crippen LogP contribution in [0.5, 0.6) is 0 Å². The van der Waals surface area contributed by atoms with E-state index in [1.165, 1.54) is 4.57 Å². The number of aromatic amines is 1. The highest BCUT2D eigenvalue weighted by Crippen LogP contribution is 2.48. The summed E-state index contributed by atoms with van der Waals surface area (Å²) >= 11 is 0. The summed E-state index contributed by atoms with van der Waals surface area (Å²) in [5.41, 5.74) is 0.431. The van der Waals surface area contributed by atoms with Crippen LogP contribution in [0.2, 0.25) is 0 Å². The molecule has 1 fully saturated rings. The summed E-state index contributed by atoms with van der Waals surface area (Å²) in [6.45, 7) is 16.5. The zero-order valence-corrected chi connectivity index (χ0v) is 21.7. The van der Waals surface area contributed by atoms with E-state index in [0.29, 0.717) is 12.0 Å². The van der Waals surface area contributed by atoms with Gasteiger partial charge in [0, 0.05) is 36.3 Å². The van der Waals surface area contributed by atoms with Gasteiger partial charge in [-0.15, -0.1) is 5.10 Å². The maximum Gasteiger partial charge on any atom is 0.330 e. The topological polar surface area (TPSA) is 107 Å². The molecule has 2 unspecified atom stereocenters. The number of hydrogen-bond donors (Lipinski definition) is 1. The number of nitrogens with one attached hydrogen (secondary N) is 1. The quantitative estimate of drug-likeness (QED) is 0.550. The minimum atomic E-state index is -1.24. The van der Waals surface area contributed by atoms with Crippen LogP contribution < -0.4 is 16.7 Å². The molecule has 11 heteroatoms. The molecule has 1 saturated heterocycles. The average molecular weight is 481 g/mol. The lowest BCUT2D eigenvalue weighted by Gasteiger charge is -2.37. The van der Waals surface area contributed by atoms with E-state index >= 15 is 0 Å². The normalized spacial score (nSPS) is 22.2. The Hall–Kier alpha value is -1.87. The van der Waals surface area contributed by atoms with Gasteiger partial charge in [0.25, 0.3) is 5.56 Å². The van der Waals surface area contributed by atoms with Crippen LogP contribution in [0.25, 0.3) is 0 Å². The van der Waals surface area contributed by atoms with Crippen LogP contribution in [0.4, 0.5) is 0 Å². The van der Waals surface area contributed by atoms with Crippen molar-refractivity contribution in [1.29, 1.82) is 0 Å². The number of hydrogen-bond acceptors (Lipinski definition) is 7. The van der Waals surface area contributed by atoms with Gasteiger partial charge in [-0.25, -0.2) is 9.48 Å². The summed E-state index contributed by atoms with van der Waals surface area (Å²) in [5.74, 6) is 0. The second kappa shape index (κ2) is 10.6. The Balaban J connectivity index is 1.93. The number of ether oxygens (including phenoxy) is 1. The Morgan fingerprint density at radius 1 is 1.21 bits per heavy atom. The number of aromatic nitrogens is 5. The zero-order chi connectivity index (χ0) is 24.4. The monoisotopic (exact) mass is 480 g/mol. The van der Waals surface area contributed by atoms with Crippen molar-refractivity contribution in [2.75, 3.05) is 0 Å². The van der Waals surface area contributed by atoms with E-state index in [4.69, 9.17) is 9.26 Å². The van der Waals surface area contributed by atoms with E-state index < -0.39 is 20.2 Å². The predicted molar refractivity (Wildman–Crippen MR) is 129 cm³/mol. The maximum atomic E-state index is 12.4. The Morgan fingerprint density at radius 3 is 2.42 bits per heavy atom. The molecule has 0 spiro atoms. The van der Waals surface area contributed by atoms with E-state index in [-0.39, 0.29) is 35.9 Å². The van der Waals surface area contributed by atoms with Gasteiger partial charge in [0.2, 0.25) is 0 Å². The van der Waals surface area contributed by atoms with Crippen molar-refractivity contribution in [3.63, 3.8) is 0 Å². The Labute approximate surface area is 196 Å². The molecule has 0 aromatic carbocycles. The standard InChI is InChI=1S/C22H37N6O4P/c1-9-17-18(10-20(31-17)26-11-16(8)21(29)23-22(26)30)32-33(28(14(4)5)15(6)7)19-12-27(13(2)3)25-24-19/h11-15,17-18,20H,9-10H2,1-8H3,(H,23,29,30)/t17-,18?,20-,33?/m1/s1. The first-order valence-electron chi connectivity index (χ1n) is 11.7. The first-order valence-corrected chi connectivity index (χ1v) is 12.9. The largest absolute Gasteiger partial charge is 0.352 e. The van der Waals surface area contributed by atoms with Crippen molar-refractivity contribution in [3.05, 3.63) is 38.8 Å². The third kappa shape index (κ3) is 5.62. The lowest BCUT2D eigenvalue weighted by molar-refractivity contribution is -0.0177. The van der Waals surface area contributed by atoms with Gasteiger partial charge in [-0.3, -0.25) is 19.0 Å². The summed E-state index contributed by atoms with van der Waals surface area (Å²) in [6.07, 6.45) is 3.87. The molecule has 3 rings (SSSR count). The van der Waals surface area contributed by atoms with Crippen LogP contribution in [0.1, 0.15) is 79.1 Å². The first kappa shape index (κ1) is 25.7. The van der Waals surface area contributed by atoms with Gasteiger partial charge in [-0.2, -0.15) is 0 Å². The summed E-state index contributed by atoms with van der Waals surface area (Å²) in [5, 5.41) is 8.78. The predicted octanol–water partition coefficient (Wildman–Crippen LogP) is 2.86. The van der Waals surface area contributed by atoms with Crippen LogP contribution in [0.15, 0.2) is 22.0 Å². The SMILES string of the molecule is CC[C@H]1O[C@@H](n2cc(C)c(=O)[nH]c2=O)CC1OP(c1cn(C(C)C)nn1)N(C(C)C)C(C)C. The summed E-state index contributed by atoms with van der Waals surface area (Å²) in [6, 6.07) is 0.679. The van der Waals surface area contributed by atoms with Crippen LogP contribution >= 0.6 is 8.30 Å². The van der Waals surface area contributed by atoms with Gasteiger partial charge < -0.3 is 9.26 Å². The Bertz CT molecular complexity index is 1040. The molecule has 0 aliphatic carbocycles. The average Bonchev–Trinajstić information content (AvgIpc) is 3.37. The fourth-order valence-corrected chi connectivity index (χ4v) is 6.23. The highest BCUT2D eigenvalue weighted by molar-refractivity contribution is 7.58. The molecule has 33 heavy (non-hydrogen) atoms. The summed E-state index contributed by atoms with van der Waals surface area (Å²) < 4.78 is 18.7. The van der Waals surface area contributed by atoms with Crippen molar-refractivity contribution in [2.45, 2.75) is 105 Å². The first-order chi connectivity index (χ1) is 15.5. The molecule has 2 aromatic rings. The van der Waals surface area contributed by atoms with Crippen LogP contribution in [-0.4, -0.2) is 53.5 Å². The third-order valence-electron chi connectivity index (χ3n) is 5.77. The van der Waals surface area contributed by atoms with Crippen molar-refractivity contribution in [1.82, 2.24) is 29.2 Å². The molecule has 2 aromatic heterocycles. The minimum absolute atomic E-state index is 0.180. The molecule has 1 aliphatic heterocycles. The maximum absolute atomic E-state index is 12.4. The van der Waals surface area contributed by atoms with Crippen molar-refractivity contribution in [2.24, 2.45) is 0 Å². The lowest BCUT2D eigenvalue weighted by Crippen LogP contribution is -2.38. The summed E-state index contributed by atoms with van der Waals surface area (Å²) in [4.78, 5) is 26.6. The minimum Gasteiger partial charge on any atom is -0.352 e. The molecule has 0 radical (unpaired) electrons. The highest BCUT2D eigenvalue weighted by atomic mass is 31.2. The molecule has 10 nitrogen and oxygen atoms in total. The number of nitrogens with zero attached hydrogens (tertiary/aromatic N) is 5. The van der Waals surface area contributed by atoms with Gasteiger partial charge in [-0.05, 0) is 54.9 Å². The second-order valence-corrected chi connectivity index (χ2v) is 11.1. The smallest absolute Gasteiger partial charge is 0.330 e. The Kier molecular flexibility index (Phi) is 8.26. The van der Waals surface area contributed by atoms with Crippen molar-refractivity contribution in [3.8, 4) is 0 Å². The molecule has 3 heterocycles. The number of H-pyrrole nitrogens is 1. The molecule has 0 amide bonds. The van der Waals surface area contributed by atoms with E-state index in [1.807, 2.05) is 17.8 Å². The van der Waals surface area contributed by atoms with E-state index in [2.05, 4.69) is 61.5 Å². The fourth-order valence-electron chi connectivity index (χ4n) is 4.12. The van der Waals surface area contributed by atoms with Gasteiger partial charge in [0.15, 0.2) is 8.30 Å². The molecular weight excluding hydrogens is 443 g/mol. The Morgan fingerprint density at radius 2 is 1.88 bits per heavy atom. The molecule has 0 bridgehead atoms. The van der Waals surface area contributed by atoms with Gasteiger partial charge in [-0.1, -0.05) is 12.1 Å². The molecule has 4 atom stereocenters. The molecule has 184 valence electrons. The van der Waals surface area contributed by atoms with Crippen molar-refractivity contribution >= 4 is 13.7 Å². The van der Waals surface area contributed by atoms with Crippen LogP contribution in [0, 0.1) is 6.92 Å². The van der Waals surface area contributed by atoms with Crippen LogP contribution in [-0.2, 0) is 9.26 Å². The zero-order valence-electron chi connectivity index (χ0n) is 20.8. The summed E-state index contributed by atoms with van der Waals surface area (Å²) in [7, 11) is -1.24. The molecule has 0 saturated carbocycles. The van der Waals surface area contributed by atoms with E-state index in [1.54, 1.807) is 13.1 Å². The van der Waals surface area contributed by atoms with Gasteiger partial charge in [0.1, 0.15) is 11.7 Å².